The van der Waals surface area contributed by atoms with Gasteiger partial charge in [0, 0.05) is 28.8 Å². The lowest BCUT2D eigenvalue weighted by Crippen LogP contribution is -2.39. The molecule has 1 aliphatic rings. The van der Waals surface area contributed by atoms with E-state index >= 15 is 0 Å². The summed E-state index contributed by atoms with van der Waals surface area (Å²) in [4.78, 5) is 14.2. The van der Waals surface area contributed by atoms with Crippen LogP contribution in [-0.2, 0) is 18.4 Å². The van der Waals surface area contributed by atoms with Gasteiger partial charge in [0.15, 0.2) is 5.16 Å². The lowest BCUT2D eigenvalue weighted by atomic mass is 9.69. The molecule has 1 atom stereocenters. The monoisotopic (exact) mass is 480 g/mol. The first kappa shape index (κ1) is 25.0. The molecule has 0 saturated carbocycles. The highest BCUT2D eigenvalue weighted by Gasteiger charge is 2.39. The van der Waals surface area contributed by atoms with E-state index in [2.05, 4.69) is 66.7 Å². The Morgan fingerprint density at radius 2 is 1.71 bits per heavy atom. The summed E-state index contributed by atoms with van der Waals surface area (Å²) in [6, 6.07) is 8.62. The molecular weight excluding hydrogens is 440 g/mol. The first-order valence-electron chi connectivity index (χ1n) is 13.3. The van der Waals surface area contributed by atoms with E-state index in [0.29, 0.717) is 5.78 Å². The Morgan fingerprint density at radius 1 is 0.971 bits per heavy atom. The lowest BCUT2D eigenvalue weighted by molar-refractivity contribution is 0.433. The molecule has 0 amide bonds. The number of hydrogen-bond acceptors (Lipinski definition) is 4. The molecule has 6 heteroatoms. The molecule has 0 saturated heterocycles. The van der Waals surface area contributed by atoms with Gasteiger partial charge in [-0.3, -0.25) is 4.79 Å². The van der Waals surface area contributed by atoms with Crippen molar-refractivity contribution in [1.29, 1.82) is 0 Å². The number of benzene rings is 1. The van der Waals surface area contributed by atoms with Crippen LogP contribution in [0.3, 0.4) is 0 Å². The fourth-order valence-electron chi connectivity index (χ4n) is 5.30. The predicted octanol–water partition coefficient (Wildman–Crippen LogP) is 7.03. The van der Waals surface area contributed by atoms with Crippen molar-refractivity contribution < 1.29 is 0 Å². The molecule has 0 spiro atoms. The molecule has 2 aromatic heterocycles. The molecule has 3 aromatic rings. The maximum Gasteiger partial charge on any atom is 0.265 e. The fourth-order valence-corrected chi connectivity index (χ4v) is 6.22. The van der Waals surface area contributed by atoms with Crippen molar-refractivity contribution in [2.24, 2.45) is 0 Å². The van der Waals surface area contributed by atoms with E-state index in [0.717, 1.165) is 54.4 Å². The van der Waals surface area contributed by atoms with Crippen LogP contribution in [0.25, 0.3) is 17.0 Å². The lowest BCUT2D eigenvalue weighted by Gasteiger charge is -2.37. The Morgan fingerprint density at radius 3 is 2.44 bits per heavy atom. The standard InChI is InChI=1S/C28H40N4OS/c1-5-8-10-14-18-31-24-22-17-13-12-16-21(22)20-28(4,7-3)23(24)25(33)32-26(31)29-30-27(32)34-19-15-11-9-6-2/h12-13,16-17H,5-11,14-15,18-20H2,1-4H3. The van der Waals surface area contributed by atoms with Crippen molar-refractivity contribution in [3.63, 3.8) is 0 Å². The summed E-state index contributed by atoms with van der Waals surface area (Å²) in [7, 11) is 0. The van der Waals surface area contributed by atoms with Crippen LogP contribution >= 0.6 is 11.8 Å². The molecule has 2 heterocycles. The number of rotatable bonds is 12. The van der Waals surface area contributed by atoms with Crippen molar-refractivity contribution in [2.75, 3.05) is 5.75 Å². The minimum Gasteiger partial charge on any atom is -0.309 e. The number of nitrogens with zero attached hydrogens (tertiary/aromatic N) is 4. The third-order valence-corrected chi connectivity index (χ3v) is 8.50. The van der Waals surface area contributed by atoms with E-state index in [-0.39, 0.29) is 11.0 Å². The summed E-state index contributed by atoms with van der Waals surface area (Å²) < 4.78 is 4.14. The minimum absolute atomic E-state index is 0.0784. The molecule has 0 bridgehead atoms. The van der Waals surface area contributed by atoms with Gasteiger partial charge in [0.2, 0.25) is 5.78 Å². The zero-order valence-corrected chi connectivity index (χ0v) is 22.2. The molecule has 0 aliphatic heterocycles. The van der Waals surface area contributed by atoms with E-state index in [4.69, 9.17) is 0 Å². The maximum atomic E-state index is 14.2. The molecule has 1 aliphatic carbocycles. The number of unbranched alkanes of at least 4 members (excludes halogenated alkanes) is 6. The Kier molecular flexibility index (Phi) is 8.18. The molecular formula is C28H40N4OS. The molecule has 5 nitrogen and oxygen atoms in total. The Labute approximate surface area is 208 Å². The highest BCUT2D eigenvalue weighted by molar-refractivity contribution is 7.99. The van der Waals surface area contributed by atoms with Gasteiger partial charge in [-0.05, 0) is 31.2 Å². The van der Waals surface area contributed by atoms with Crippen LogP contribution in [0.4, 0.5) is 0 Å². The Hall–Kier alpha value is -2.08. The van der Waals surface area contributed by atoms with Crippen molar-refractivity contribution in [2.45, 2.75) is 109 Å². The summed E-state index contributed by atoms with van der Waals surface area (Å²) in [5.41, 5.74) is 4.42. The summed E-state index contributed by atoms with van der Waals surface area (Å²) in [6.45, 7) is 9.81. The SMILES string of the molecule is CCCCCCSc1nnc2n(CCCCCC)c3c(c(=O)n12)C(C)(CC)Cc1ccccc1-3. The van der Waals surface area contributed by atoms with Crippen molar-refractivity contribution in [3.05, 3.63) is 45.7 Å². The highest BCUT2D eigenvalue weighted by Crippen LogP contribution is 2.44. The Balaban J connectivity index is 1.87. The fraction of sp³-hybridized carbons (Fsp3) is 0.607. The molecule has 34 heavy (non-hydrogen) atoms. The highest BCUT2D eigenvalue weighted by atomic mass is 32.2. The molecule has 0 N–H and O–H groups in total. The van der Waals surface area contributed by atoms with Gasteiger partial charge in [0.05, 0.1) is 5.69 Å². The predicted molar refractivity (Wildman–Crippen MR) is 143 cm³/mol. The van der Waals surface area contributed by atoms with Crippen molar-refractivity contribution >= 4 is 17.5 Å². The van der Waals surface area contributed by atoms with Gasteiger partial charge in [-0.25, -0.2) is 4.40 Å². The number of thioether (sulfide) groups is 1. The minimum atomic E-state index is -0.201. The normalized spacial score (nSPS) is 17.2. The number of aryl methyl sites for hydroxylation is 1. The van der Waals surface area contributed by atoms with Crippen LogP contribution in [0.15, 0.2) is 34.2 Å². The maximum absolute atomic E-state index is 14.2. The second kappa shape index (κ2) is 11.1. The van der Waals surface area contributed by atoms with Gasteiger partial charge < -0.3 is 4.57 Å². The average molecular weight is 481 g/mol. The van der Waals surface area contributed by atoms with E-state index in [1.54, 1.807) is 11.8 Å². The third-order valence-electron chi connectivity index (χ3n) is 7.48. The summed E-state index contributed by atoms with van der Waals surface area (Å²) in [6.07, 6.45) is 11.4. The third kappa shape index (κ3) is 4.71. The largest absolute Gasteiger partial charge is 0.309 e. The molecule has 0 radical (unpaired) electrons. The zero-order valence-electron chi connectivity index (χ0n) is 21.4. The van der Waals surface area contributed by atoms with Gasteiger partial charge >= 0.3 is 0 Å². The van der Waals surface area contributed by atoms with Crippen molar-refractivity contribution in [3.8, 4) is 11.3 Å². The van der Waals surface area contributed by atoms with Crippen LogP contribution in [0.2, 0.25) is 0 Å². The van der Waals surface area contributed by atoms with E-state index in [1.165, 1.54) is 49.7 Å². The van der Waals surface area contributed by atoms with Crippen molar-refractivity contribution in [1.82, 2.24) is 19.2 Å². The summed E-state index contributed by atoms with van der Waals surface area (Å²) in [5, 5.41) is 9.89. The van der Waals surface area contributed by atoms with E-state index in [9.17, 15) is 4.79 Å². The molecule has 4 rings (SSSR count). The first-order valence-corrected chi connectivity index (χ1v) is 14.3. The van der Waals surface area contributed by atoms with Crippen LogP contribution in [0.5, 0.6) is 0 Å². The van der Waals surface area contributed by atoms with Gasteiger partial charge in [-0.2, -0.15) is 0 Å². The van der Waals surface area contributed by atoms with Gasteiger partial charge in [0.1, 0.15) is 0 Å². The van der Waals surface area contributed by atoms with Crippen LogP contribution in [0, 0.1) is 0 Å². The summed E-state index contributed by atoms with van der Waals surface area (Å²) >= 11 is 1.68. The molecule has 0 fully saturated rings. The van der Waals surface area contributed by atoms with Gasteiger partial charge in [-0.15, -0.1) is 10.2 Å². The zero-order chi connectivity index (χ0) is 24.1. The number of fused-ring (bicyclic) bond motifs is 4. The van der Waals surface area contributed by atoms with Crippen LogP contribution < -0.4 is 5.56 Å². The van der Waals surface area contributed by atoms with Crippen LogP contribution in [0.1, 0.15) is 96.6 Å². The van der Waals surface area contributed by atoms with Gasteiger partial charge in [-0.1, -0.05) is 102 Å². The van der Waals surface area contributed by atoms with E-state index < -0.39 is 0 Å². The smallest absolute Gasteiger partial charge is 0.265 e. The topological polar surface area (TPSA) is 52.2 Å². The first-order chi connectivity index (χ1) is 16.6. The quantitative estimate of drug-likeness (QED) is 0.206. The second-order valence-corrected chi connectivity index (χ2v) is 11.1. The molecule has 184 valence electrons. The Bertz CT molecular complexity index is 1180. The molecule has 1 aromatic carbocycles. The second-order valence-electron chi connectivity index (χ2n) is 10.0. The number of hydrogen-bond donors (Lipinski definition) is 0. The molecule has 1 unspecified atom stereocenters. The van der Waals surface area contributed by atoms with E-state index in [1.807, 2.05) is 4.40 Å². The van der Waals surface area contributed by atoms with Gasteiger partial charge in [0.25, 0.3) is 5.56 Å². The van der Waals surface area contributed by atoms with Crippen LogP contribution in [-0.4, -0.2) is 24.9 Å². The summed E-state index contributed by atoms with van der Waals surface area (Å²) in [5.74, 6) is 1.67. The number of aromatic nitrogens is 4. The average Bonchev–Trinajstić information content (AvgIpc) is 3.27.